The first-order valence-corrected chi connectivity index (χ1v) is 7.05. The number of amides is 1. The minimum Gasteiger partial charge on any atom is -0.399 e. The van der Waals surface area contributed by atoms with E-state index in [-0.39, 0.29) is 5.91 Å². The number of rotatable bonds is 5. The standard InChI is InChI=1S/C13H18N2O2S/c1-9-2-3-10(14)6-12(9)15-13(16)4-5-18-11-7-17-8-11/h2-3,6,11H,4-5,7-8,14H2,1H3,(H,15,16). The van der Waals surface area contributed by atoms with Crippen LogP contribution in [-0.4, -0.2) is 30.1 Å². The summed E-state index contributed by atoms with van der Waals surface area (Å²) in [5.41, 5.74) is 8.19. The number of hydrogen-bond acceptors (Lipinski definition) is 4. The van der Waals surface area contributed by atoms with E-state index in [4.69, 9.17) is 10.5 Å². The van der Waals surface area contributed by atoms with Gasteiger partial charge < -0.3 is 15.8 Å². The molecule has 1 aromatic rings. The van der Waals surface area contributed by atoms with E-state index in [1.807, 2.05) is 19.1 Å². The van der Waals surface area contributed by atoms with Crippen molar-refractivity contribution in [3.8, 4) is 0 Å². The van der Waals surface area contributed by atoms with Gasteiger partial charge in [0, 0.05) is 23.5 Å². The molecule has 1 saturated heterocycles. The number of nitrogens with one attached hydrogen (secondary N) is 1. The van der Waals surface area contributed by atoms with E-state index in [0.29, 0.717) is 17.4 Å². The minimum atomic E-state index is 0.0384. The zero-order valence-electron chi connectivity index (χ0n) is 10.4. The van der Waals surface area contributed by atoms with Gasteiger partial charge in [-0.2, -0.15) is 11.8 Å². The lowest BCUT2D eigenvalue weighted by Crippen LogP contribution is -2.30. The number of nitrogen functional groups attached to an aromatic ring is 1. The summed E-state index contributed by atoms with van der Waals surface area (Å²) in [6, 6.07) is 5.53. The Labute approximate surface area is 111 Å². The number of benzene rings is 1. The molecule has 1 amide bonds. The molecular formula is C13H18N2O2S. The molecule has 5 heteroatoms. The second kappa shape index (κ2) is 6.11. The molecule has 1 aliphatic heterocycles. The van der Waals surface area contributed by atoms with Crippen molar-refractivity contribution in [2.75, 3.05) is 30.0 Å². The largest absolute Gasteiger partial charge is 0.399 e. The van der Waals surface area contributed by atoms with Crippen LogP contribution >= 0.6 is 11.8 Å². The van der Waals surface area contributed by atoms with Gasteiger partial charge in [-0.1, -0.05) is 6.07 Å². The van der Waals surface area contributed by atoms with E-state index < -0.39 is 0 Å². The predicted octanol–water partition coefficient (Wildman–Crippen LogP) is 2.04. The first-order chi connectivity index (χ1) is 8.65. The molecule has 0 atom stereocenters. The third-order valence-electron chi connectivity index (χ3n) is 2.83. The van der Waals surface area contributed by atoms with Crippen LogP contribution in [0.5, 0.6) is 0 Å². The number of carbonyl (C=O) groups is 1. The van der Waals surface area contributed by atoms with Crippen molar-refractivity contribution in [2.45, 2.75) is 18.6 Å². The number of hydrogen-bond donors (Lipinski definition) is 2. The van der Waals surface area contributed by atoms with Crippen molar-refractivity contribution >= 4 is 29.0 Å². The highest BCUT2D eigenvalue weighted by atomic mass is 32.2. The molecule has 0 radical (unpaired) electrons. The Morgan fingerprint density at radius 3 is 3.00 bits per heavy atom. The smallest absolute Gasteiger partial charge is 0.225 e. The summed E-state index contributed by atoms with van der Waals surface area (Å²) in [6.45, 7) is 3.59. The van der Waals surface area contributed by atoms with Crippen molar-refractivity contribution in [2.24, 2.45) is 0 Å². The molecule has 0 saturated carbocycles. The molecule has 0 aromatic heterocycles. The van der Waals surface area contributed by atoms with Gasteiger partial charge in [-0.05, 0) is 24.6 Å². The lowest BCUT2D eigenvalue weighted by molar-refractivity contribution is -0.115. The Morgan fingerprint density at radius 2 is 2.33 bits per heavy atom. The summed E-state index contributed by atoms with van der Waals surface area (Å²) in [5, 5.41) is 3.47. The number of aryl methyl sites for hydroxylation is 1. The summed E-state index contributed by atoms with van der Waals surface area (Å²) in [5.74, 6) is 0.873. The highest BCUT2D eigenvalue weighted by molar-refractivity contribution is 8.00. The number of thioether (sulfide) groups is 1. The molecule has 0 spiro atoms. The summed E-state index contributed by atoms with van der Waals surface area (Å²) in [4.78, 5) is 11.8. The Bertz CT molecular complexity index is 433. The van der Waals surface area contributed by atoms with Crippen LogP contribution in [-0.2, 0) is 9.53 Å². The zero-order valence-corrected chi connectivity index (χ0v) is 11.3. The van der Waals surface area contributed by atoms with E-state index in [9.17, 15) is 4.79 Å². The fourth-order valence-electron chi connectivity index (χ4n) is 1.62. The van der Waals surface area contributed by atoms with Crippen LogP contribution in [0, 0.1) is 6.92 Å². The number of nitrogens with two attached hydrogens (primary N) is 1. The molecule has 2 rings (SSSR count). The third kappa shape index (κ3) is 3.65. The van der Waals surface area contributed by atoms with E-state index in [0.717, 1.165) is 30.2 Å². The van der Waals surface area contributed by atoms with E-state index in [2.05, 4.69) is 5.32 Å². The normalized spacial score (nSPS) is 15.2. The summed E-state index contributed by atoms with van der Waals surface area (Å²) in [6.07, 6.45) is 0.523. The van der Waals surface area contributed by atoms with Crippen LogP contribution in [0.25, 0.3) is 0 Å². The monoisotopic (exact) mass is 266 g/mol. The summed E-state index contributed by atoms with van der Waals surface area (Å²) >= 11 is 1.80. The molecule has 1 aliphatic rings. The van der Waals surface area contributed by atoms with Gasteiger partial charge in [-0.15, -0.1) is 0 Å². The van der Waals surface area contributed by atoms with Gasteiger partial charge in [0.15, 0.2) is 0 Å². The molecule has 1 heterocycles. The zero-order chi connectivity index (χ0) is 13.0. The first kappa shape index (κ1) is 13.2. The third-order valence-corrected chi connectivity index (χ3v) is 4.01. The molecule has 4 nitrogen and oxygen atoms in total. The van der Waals surface area contributed by atoms with Crippen molar-refractivity contribution in [3.63, 3.8) is 0 Å². The molecule has 0 bridgehead atoms. The molecular weight excluding hydrogens is 248 g/mol. The number of anilines is 2. The maximum absolute atomic E-state index is 11.8. The van der Waals surface area contributed by atoms with Crippen LogP contribution in [0.3, 0.4) is 0 Å². The highest BCUT2D eigenvalue weighted by Gasteiger charge is 2.18. The SMILES string of the molecule is Cc1ccc(N)cc1NC(=O)CCSC1COC1. The van der Waals surface area contributed by atoms with Gasteiger partial charge in [-0.3, -0.25) is 4.79 Å². The molecule has 18 heavy (non-hydrogen) atoms. The Balaban J connectivity index is 1.77. The average molecular weight is 266 g/mol. The Morgan fingerprint density at radius 1 is 1.56 bits per heavy atom. The predicted molar refractivity (Wildman–Crippen MR) is 75.9 cm³/mol. The van der Waals surface area contributed by atoms with E-state index in [1.165, 1.54) is 0 Å². The molecule has 1 fully saturated rings. The van der Waals surface area contributed by atoms with E-state index in [1.54, 1.807) is 17.8 Å². The van der Waals surface area contributed by atoms with Crippen LogP contribution in [0.2, 0.25) is 0 Å². The lowest BCUT2D eigenvalue weighted by Gasteiger charge is -2.25. The summed E-state index contributed by atoms with van der Waals surface area (Å²) in [7, 11) is 0. The van der Waals surface area contributed by atoms with Gasteiger partial charge in [0.05, 0.1) is 18.5 Å². The van der Waals surface area contributed by atoms with Crippen molar-refractivity contribution in [3.05, 3.63) is 23.8 Å². The quantitative estimate of drug-likeness (QED) is 0.800. The first-order valence-electron chi connectivity index (χ1n) is 6.00. The number of carbonyl (C=O) groups excluding carboxylic acids is 1. The molecule has 0 aliphatic carbocycles. The lowest BCUT2D eigenvalue weighted by atomic mass is 10.2. The van der Waals surface area contributed by atoms with Gasteiger partial charge in [0.2, 0.25) is 5.91 Å². The van der Waals surface area contributed by atoms with Crippen molar-refractivity contribution < 1.29 is 9.53 Å². The molecule has 1 aromatic carbocycles. The summed E-state index contributed by atoms with van der Waals surface area (Å²) < 4.78 is 5.08. The molecule has 0 unspecified atom stereocenters. The Hall–Kier alpha value is -1.20. The van der Waals surface area contributed by atoms with Crippen LogP contribution in [0.4, 0.5) is 11.4 Å². The van der Waals surface area contributed by atoms with Gasteiger partial charge in [0.1, 0.15) is 0 Å². The van der Waals surface area contributed by atoms with Crippen molar-refractivity contribution in [1.82, 2.24) is 0 Å². The molecule has 98 valence electrons. The van der Waals surface area contributed by atoms with Crippen LogP contribution < -0.4 is 11.1 Å². The van der Waals surface area contributed by atoms with E-state index >= 15 is 0 Å². The maximum Gasteiger partial charge on any atom is 0.225 e. The fraction of sp³-hybridized carbons (Fsp3) is 0.462. The second-order valence-electron chi connectivity index (χ2n) is 4.40. The maximum atomic E-state index is 11.8. The van der Waals surface area contributed by atoms with Gasteiger partial charge >= 0.3 is 0 Å². The molecule has 3 N–H and O–H groups in total. The van der Waals surface area contributed by atoms with Crippen molar-refractivity contribution in [1.29, 1.82) is 0 Å². The average Bonchev–Trinajstić information content (AvgIpc) is 2.27. The topological polar surface area (TPSA) is 64.3 Å². The number of ether oxygens (including phenoxy) is 1. The Kier molecular flexibility index (Phi) is 4.49. The van der Waals surface area contributed by atoms with Gasteiger partial charge in [0.25, 0.3) is 0 Å². The second-order valence-corrected chi connectivity index (χ2v) is 5.81. The van der Waals surface area contributed by atoms with Gasteiger partial charge in [-0.25, -0.2) is 0 Å². The highest BCUT2D eigenvalue weighted by Crippen LogP contribution is 2.21. The fourth-order valence-corrected chi connectivity index (χ4v) is 2.64. The van der Waals surface area contributed by atoms with Crippen LogP contribution in [0.15, 0.2) is 18.2 Å². The van der Waals surface area contributed by atoms with Crippen LogP contribution in [0.1, 0.15) is 12.0 Å². The minimum absolute atomic E-state index is 0.0384.